The normalized spacial score (nSPS) is 21.0. The highest BCUT2D eigenvalue weighted by atomic mass is 127. The number of rotatable bonds is 4. The van der Waals surface area contributed by atoms with Gasteiger partial charge in [-0.1, -0.05) is 25.1 Å². The average Bonchev–Trinajstić information content (AvgIpc) is 2.99. The van der Waals surface area contributed by atoms with Crippen molar-refractivity contribution in [1.82, 2.24) is 15.6 Å². The highest BCUT2D eigenvalue weighted by molar-refractivity contribution is 14.0. The van der Waals surface area contributed by atoms with Crippen molar-refractivity contribution in [3.05, 3.63) is 36.0 Å². The number of H-pyrrole nitrogens is 1. The van der Waals surface area contributed by atoms with E-state index in [1.54, 1.807) is 0 Å². The van der Waals surface area contributed by atoms with Crippen LogP contribution in [0.1, 0.15) is 26.0 Å². The molecule has 1 aromatic carbocycles. The Morgan fingerprint density at radius 2 is 2.14 bits per heavy atom. The molecule has 2 atom stereocenters. The number of hydrogen-bond acceptors (Lipinski definition) is 1. The first-order valence-electron chi connectivity index (χ1n) is 7.37. The first-order valence-corrected chi connectivity index (χ1v) is 7.37. The molecule has 1 saturated carbocycles. The zero-order valence-electron chi connectivity index (χ0n) is 12.5. The molecule has 0 spiro atoms. The molecule has 5 heteroatoms. The molecule has 4 nitrogen and oxygen atoms in total. The second-order valence-corrected chi connectivity index (χ2v) is 5.54. The lowest BCUT2D eigenvalue weighted by Crippen LogP contribution is -2.39. The van der Waals surface area contributed by atoms with Gasteiger partial charge in [0.25, 0.3) is 0 Å². The largest absolute Gasteiger partial charge is 0.357 e. The van der Waals surface area contributed by atoms with Crippen LogP contribution in [0.5, 0.6) is 0 Å². The SMILES string of the molecule is CCNC(=NCc1cc2ccccc2[nH]1)NC1CC1C.I. The molecule has 0 amide bonds. The molecular formula is C16H23IN4. The monoisotopic (exact) mass is 398 g/mol. The van der Waals surface area contributed by atoms with Crippen molar-refractivity contribution < 1.29 is 0 Å². The molecule has 21 heavy (non-hydrogen) atoms. The van der Waals surface area contributed by atoms with Crippen LogP contribution in [0.4, 0.5) is 0 Å². The van der Waals surface area contributed by atoms with Gasteiger partial charge in [0.05, 0.1) is 6.54 Å². The molecule has 3 N–H and O–H groups in total. The number of fused-ring (bicyclic) bond motifs is 1. The first-order chi connectivity index (χ1) is 9.76. The molecule has 0 bridgehead atoms. The minimum Gasteiger partial charge on any atom is -0.357 e. The Hall–Kier alpha value is -1.24. The third-order valence-electron chi connectivity index (χ3n) is 3.77. The Morgan fingerprint density at radius 3 is 2.81 bits per heavy atom. The van der Waals surface area contributed by atoms with E-state index in [4.69, 9.17) is 0 Å². The van der Waals surface area contributed by atoms with Gasteiger partial charge in [-0.3, -0.25) is 0 Å². The number of hydrogen-bond donors (Lipinski definition) is 3. The van der Waals surface area contributed by atoms with Gasteiger partial charge in [-0.15, -0.1) is 24.0 Å². The van der Waals surface area contributed by atoms with E-state index in [2.05, 4.69) is 58.7 Å². The van der Waals surface area contributed by atoms with Gasteiger partial charge in [-0.25, -0.2) is 4.99 Å². The van der Waals surface area contributed by atoms with Crippen LogP contribution in [0, 0.1) is 5.92 Å². The maximum absolute atomic E-state index is 4.66. The number of nitrogens with zero attached hydrogens (tertiary/aromatic N) is 1. The molecule has 114 valence electrons. The van der Waals surface area contributed by atoms with Crippen LogP contribution in [-0.2, 0) is 6.54 Å². The number of guanidine groups is 1. The summed E-state index contributed by atoms with van der Waals surface area (Å²) in [6.45, 7) is 5.92. The Labute approximate surface area is 142 Å². The lowest BCUT2D eigenvalue weighted by molar-refractivity contribution is 0.765. The summed E-state index contributed by atoms with van der Waals surface area (Å²) >= 11 is 0. The summed E-state index contributed by atoms with van der Waals surface area (Å²) in [6, 6.07) is 11.1. The second-order valence-electron chi connectivity index (χ2n) is 5.54. The van der Waals surface area contributed by atoms with Crippen LogP contribution in [0.15, 0.2) is 35.3 Å². The highest BCUT2D eigenvalue weighted by Crippen LogP contribution is 2.28. The summed E-state index contributed by atoms with van der Waals surface area (Å²) in [4.78, 5) is 8.06. The van der Waals surface area contributed by atoms with Crippen molar-refractivity contribution in [2.24, 2.45) is 10.9 Å². The lowest BCUT2D eigenvalue weighted by atomic mass is 10.2. The fourth-order valence-electron chi connectivity index (χ4n) is 2.40. The van der Waals surface area contributed by atoms with Crippen LogP contribution in [0.25, 0.3) is 10.9 Å². The summed E-state index contributed by atoms with van der Waals surface area (Å²) in [6.07, 6.45) is 1.25. The van der Waals surface area contributed by atoms with Crippen LogP contribution in [-0.4, -0.2) is 23.5 Å². The van der Waals surface area contributed by atoms with Gasteiger partial charge in [0.15, 0.2) is 5.96 Å². The standard InChI is InChI=1S/C16H22N4.HI/c1-3-17-16(20-15-8-11(15)2)18-10-13-9-12-6-4-5-7-14(12)19-13;/h4-7,9,11,15,19H,3,8,10H2,1-2H3,(H2,17,18,20);1H. The van der Waals surface area contributed by atoms with E-state index in [-0.39, 0.29) is 24.0 Å². The zero-order chi connectivity index (χ0) is 13.9. The minimum atomic E-state index is 0. The third kappa shape index (κ3) is 4.12. The van der Waals surface area contributed by atoms with Gasteiger partial charge in [0.1, 0.15) is 0 Å². The molecule has 1 aliphatic carbocycles. The highest BCUT2D eigenvalue weighted by Gasteiger charge is 2.33. The van der Waals surface area contributed by atoms with Crippen molar-refractivity contribution in [2.75, 3.05) is 6.54 Å². The summed E-state index contributed by atoms with van der Waals surface area (Å²) in [5, 5.41) is 8.02. The van der Waals surface area contributed by atoms with E-state index < -0.39 is 0 Å². The molecule has 2 unspecified atom stereocenters. The average molecular weight is 398 g/mol. The van der Waals surface area contributed by atoms with Crippen LogP contribution < -0.4 is 10.6 Å². The van der Waals surface area contributed by atoms with Gasteiger partial charge in [-0.05, 0) is 36.8 Å². The van der Waals surface area contributed by atoms with Gasteiger partial charge < -0.3 is 15.6 Å². The first kappa shape index (κ1) is 16.1. The zero-order valence-corrected chi connectivity index (χ0v) is 14.8. The van der Waals surface area contributed by atoms with Crippen molar-refractivity contribution in [3.63, 3.8) is 0 Å². The predicted octanol–water partition coefficient (Wildman–Crippen LogP) is 3.25. The number of halogens is 1. The van der Waals surface area contributed by atoms with E-state index in [1.807, 2.05) is 6.07 Å². The third-order valence-corrected chi connectivity index (χ3v) is 3.77. The van der Waals surface area contributed by atoms with Gasteiger partial charge in [-0.2, -0.15) is 0 Å². The molecular weight excluding hydrogens is 375 g/mol. The van der Waals surface area contributed by atoms with E-state index in [0.29, 0.717) is 12.6 Å². The van der Waals surface area contributed by atoms with Crippen molar-refractivity contribution in [3.8, 4) is 0 Å². The van der Waals surface area contributed by atoms with E-state index in [1.165, 1.54) is 17.3 Å². The molecule has 1 fully saturated rings. The van der Waals surface area contributed by atoms with E-state index in [9.17, 15) is 0 Å². The maximum atomic E-state index is 4.66. The van der Waals surface area contributed by atoms with Crippen molar-refractivity contribution in [1.29, 1.82) is 0 Å². The molecule has 3 rings (SSSR count). The molecule has 1 heterocycles. The fraction of sp³-hybridized carbons (Fsp3) is 0.438. The lowest BCUT2D eigenvalue weighted by Gasteiger charge is -2.10. The molecule has 0 aliphatic heterocycles. The topological polar surface area (TPSA) is 52.2 Å². The number of aromatic nitrogens is 1. The van der Waals surface area contributed by atoms with E-state index in [0.717, 1.165) is 24.1 Å². The number of nitrogens with one attached hydrogen (secondary N) is 3. The summed E-state index contributed by atoms with van der Waals surface area (Å²) in [7, 11) is 0. The Bertz CT molecular complexity index is 587. The van der Waals surface area contributed by atoms with Gasteiger partial charge in [0, 0.05) is 23.8 Å². The second kappa shape index (κ2) is 7.15. The predicted molar refractivity (Wildman–Crippen MR) is 99.2 cm³/mol. The molecule has 1 aliphatic rings. The van der Waals surface area contributed by atoms with Crippen LogP contribution in [0.2, 0.25) is 0 Å². The van der Waals surface area contributed by atoms with Gasteiger partial charge >= 0.3 is 0 Å². The quantitative estimate of drug-likeness (QED) is 0.421. The Kier molecular flexibility index (Phi) is 5.50. The number of aliphatic imine (C=N–C) groups is 1. The Morgan fingerprint density at radius 1 is 1.38 bits per heavy atom. The summed E-state index contributed by atoms with van der Waals surface area (Å²) < 4.78 is 0. The summed E-state index contributed by atoms with van der Waals surface area (Å²) in [5.74, 6) is 1.69. The molecule has 1 aromatic heterocycles. The van der Waals surface area contributed by atoms with Gasteiger partial charge in [0.2, 0.25) is 0 Å². The number of aromatic amines is 1. The van der Waals surface area contributed by atoms with Crippen molar-refractivity contribution in [2.45, 2.75) is 32.9 Å². The van der Waals surface area contributed by atoms with Crippen molar-refractivity contribution >= 4 is 40.8 Å². The molecule has 0 saturated heterocycles. The van der Waals surface area contributed by atoms with E-state index >= 15 is 0 Å². The number of benzene rings is 1. The fourth-order valence-corrected chi connectivity index (χ4v) is 2.40. The minimum absolute atomic E-state index is 0. The van der Waals surface area contributed by atoms with Crippen LogP contribution >= 0.6 is 24.0 Å². The smallest absolute Gasteiger partial charge is 0.191 e. The van der Waals surface area contributed by atoms with Crippen LogP contribution in [0.3, 0.4) is 0 Å². The Balaban J connectivity index is 0.00000161. The summed E-state index contributed by atoms with van der Waals surface area (Å²) in [5.41, 5.74) is 2.32. The molecule has 2 aromatic rings. The molecule has 0 radical (unpaired) electrons. The maximum Gasteiger partial charge on any atom is 0.191 e. The number of para-hydroxylation sites is 1.